The first kappa shape index (κ1) is 23.2. The fourth-order valence-corrected chi connectivity index (χ4v) is 5.23. The Bertz CT molecular complexity index is 251. The monoisotopic (exact) mass is 543 g/mol. The van der Waals surface area contributed by atoms with Gasteiger partial charge in [-0.05, 0) is 14.1 Å². The molecule has 22 heavy (non-hydrogen) atoms. The number of likely N-dealkylation sites (N-methyl/N-ethyl adjacent to an activating group) is 3. The van der Waals surface area contributed by atoms with Gasteiger partial charge in [0.1, 0.15) is 0 Å². The molecular weight excluding hydrogens is 510 g/mol. The van der Waals surface area contributed by atoms with Crippen molar-refractivity contribution >= 4 is 18.6 Å². The molecule has 0 aliphatic heterocycles. The summed E-state index contributed by atoms with van der Waals surface area (Å²) in [6.07, 6.45) is 1.93. The van der Waals surface area contributed by atoms with Crippen LogP contribution in [0.5, 0.6) is 0 Å². The molecule has 0 radical (unpaired) electrons. The third-order valence-corrected chi connectivity index (χ3v) is 8.17. The van der Waals surface area contributed by atoms with Crippen LogP contribution in [0.2, 0.25) is 0 Å². The van der Waals surface area contributed by atoms with Crippen molar-refractivity contribution in [2.75, 3.05) is 80.7 Å². The van der Waals surface area contributed by atoms with Crippen molar-refractivity contribution < 1.29 is 27.4 Å². The Hall–Kier alpha value is 1.22. The Morgan fingerprint density at radius 2 is 1.55 bits per heavy atom. The summed E-state index contributed by atoms with van der Waals surface area (Å²) in [5.41, 5.74) is 0. The van der Waals surface area contributed by atoms with Crippen LogP contribution in [0.1, 0.15) is 12.8 Å². The van der Waals surface area contributed by atoms with E-state index in [9.17, 15) is 0 Å². The van der Waals surface area contributed by atoms with E-state index in [0.717, 1.165) is 58.7 Å². The number of hydrogen-bond donors (Lipinski definition) is 1. The molecule has 1 N–H and O–H groups in total. The van der Waals surface area contributed by atoms with Crippen LogP contribution in [0.15, 0.2) is 0 Å². The third kappa shape index (κ3) is 14.8. The summed E-state index contributed by atoms with van der Waals surface area (Å²) in [5, 5.41) is 10.8. The second-order valence-corrected chi connectivity index (χ2v) is 9.87. The maximum atomic E-state index is 8.87. The molecule has 0 aliphatic rings. The molecular formula is C14H33I2N4O2-. The van der Waals surface area contributed by atoms with Crippen molar-refractivity contribution in [2.24, 2.45) is 0 Å². The van der Waals surface area contributed by atoms with Gasteiger partial charge in [0.05, 0.1) is 0 Å². The Kier molecular flexibility index (Phi) is 16.6. The molecule has 0 unspecified atom stereocenters. The number of halogens is 2. The Morgan fingerprint density at radius 3 is 2.14 bits per heavy atom. The van der Waals surface area contributed by atoms with Crippen molar-refractivity contribution in [3.8, 4) is 0 Å². The van der Waals surface area contributed by atoms with Crippen LogP contribution in [0.3, 0.4) is 0 Å². The van der Waals surface area contributed by atoms with Crippen LogP contribution < -0.4 is 17.5 Å². The van der Waals surface area contributed by atoms with E-state index in [-0.39, 0.29) is 24.1 Å². The van der Waals surface area contributed by atoms with Gasteiger partial charge in [-0.2, -0.15) is 0 Å². The number of hydrogen-bond acceptors (Lipinski definition) is 6. The summed E-state index contributed by atoms with van der Waals surface area (Å²) >= 11 is 2.56. The SMILES string of the molecule is CN(C)CCN(C)CCN(C)OCCCN(CCCO)[I-]I. The average molecular weight is 543 g/mol. The zero-order valence-electron chi connectivity index (χ0n) is 14.5. The number of nitrogens with zero attached hydrogens (tertiary/aromatic N) is 4. The predicted molar refractivity (Wildman–Crippen MR) is 96.5 cm³/mol. The molecule has 0 aliphatic carbocycles. The van der Waals surface area contributed by atoms with Gasteiger partial charge in [-0.3, -0.25) is 0 Å². The van der Waals surface area contributed by atoms with Crippen molar-refractivity contribution in [1.82, 2.24) is 18.0 Å². The van der Waals surface area contributed by atoms with E-state index in [1.54, 1.807) is 0 Å². The van der Waals surface area contributed by atoms with Crippen LogP contribution in [0.4, 0.5) is 0 Å². The van der Waals surface area contributed by atoms with Crippen molar-refractivity contribution in [1.29, 1.82) is 0 Å². The van der Waals surface area contributed by atoms with Gasteiger partial charge in [0, 0.05) is 0 Å². The second kappa shape index (κ2) is 15.7. The minimum absolute atomic E-state index is 0.0818. The van der Waals surface area contributed by atoms with E-state index in [1.165, 1.54) is 0 Å². The van der Waals surface area contributed by atoms with Gasteiger partial charge in [0.25, 0.3) is 0 Å². The molecule has 0 fully saturated rings. The summed E-state index contributed by atoms with van der Waals surface area (Å²) in [6.45, 7) is 7.27. The predicted octanol–water partition coefficient (Wildman–Crippen LogP) is -2.23. The van der Waals surface area contributed by atoms with Gasteiger partial charge in [0.15, 0.2) is 0 Å². The summed E-state index contributed by atoms with van der Waals surface area (Å²) in [6, 6.07) is 0. The first-order valence-corrected chi connectivity index (χ1v) is 15.0. The van der Waals surface area contributed by atoms with E-state index >= 15 is 0 Å². The van der Waals surface area contributed by atoms with Gasteiger partial charge in [-0.25, -0.2) is 0 Å². The molecule has 0 aromatic carbocycles. The Morgan fingerprint density at radius 1 is 0.909 bits per heavy atom. The van der Waals surface area contributed by atoms with E-state index in [1.807, 2.05) is 12.1 Å². The number of aliphatic hydroxyl groups excluding tert-OH is 1. The molecule has 0 saturated carbocycles. The van der Waals surface area contributed by atoms with Gasteiger partial charge >= 0.3 is 143 Å². The Balaban J connectivity index is 3.57. The van der Waals surface area contributed by atoms with Crippen molar-refractivity contribution in [2.45, 2.75) is 12.8 Å². The quantitative estimate of drug-likeness (QED) is 0.109. The fraction of sp³-hybridized carbons (Fsp3) is 1.00. The minimum atomic E-state index is 0.0818. The van der Waals surface area contributed by atoms with Crippen molar-refractivity contribution in [3.05, 3.63) is 0 Å². The first-order chi connectivity index (χ1) is 10.5. The average Bonchev–Trinajstić information content (AvgIpc) is 2.50. The maximum absolute atomic E-state index is 8.87. The van der Waals surface area contributed by atoms with Crippen molar-refractivity contribution in [3.63, 3.8) is 0 Å². The third-order valence-electron chi connectivity index (χ3n) is 3.23. The molecule has 6 nitrogen and oxygen atoms in total. The summed E-state index contributed by atoms with van der Waals surface area (Å²) < 4.78 is 2.45. The number of hydroxylamine groups is 2. The van der Waals surface area contributed by atoms with Crippen LogP contribution in [-0.4, -0.2) is 104 Å². The summed E-state index contributed by atoms with van der Waals surface area (Å²) in [5.74, 6) is 0. The molecule has 0 saturated heterocycles. The molecule has 0 heterocycles. The molecule has 0 aromatic heterocycles. The molecule has 0 amide bonds. The zero-order valence-corrected chi connectivity index (χ0v) is 18.8. The summed E-state index contributed by atoms with van der Waals surface area (Å²) in [7, 11) is 8.37. The van der Waals surface area contributed by atoms with E-state index in [4.69, 9.17) is 9.94 Å². The van der Waals surface area contributed by atoms with Crippen LogP contribution in [0.25, 0.3) is 0 Å². The molecule has 136 valence electrons. The first-order valence-electron chi connectivity index (χ1n) is 7.79. The van der Waals surface area contributed by atoms with Gasteiger partial charge in [-0.1, -0.05) is 0 Å². The van der Waals surface area contributed by atoms with Crippen LogP contribution >= 0.6 is 18.6 Å². The number of aliphatic hydroxyl groups is 1. The normalized spacial score (nSPS) is 12.5. The molecule has 8 heteroatoms. The standard InChI is InChI=1S/C14H33I2N4O2/c1-17(2)9-10-18(3)11-12-19(4)22-14-6-8-20(16-15)7-5-13-21/h21H,5-14H2,1-4H3/q-1. The van der Waals surface area contributed by atoms with Crippen LogP contribution in [0, 0.1) is 0 Å². The summed E-state index contributed by atoms with van der Waals surface area (Å²) in [4.78, 5) is 10.3. The Labute approximate surface area is 156 Å². The molecule has 0 atom stereocenters. The molecule has 0 aromatic rings. The van der Waals surface area contributed by atoms with Gasteiger partial charge in [0.2, 0.25) is 0 Å². The van der Waals surface area contributed by atoms with Gasteiger partial charge < -0.3 is 0 Å². The second-order valence-electron chi connectivity index (χ2n) is 5.70. The van der Waals surface area contributed by atoms with E-state index in [2.05, 4.69) is 52.7 Å². The van der Waals surface area contributed by atoms with Crippen LogP contribution in [-0.2, 0) is 4.84 Å². The fourth-order valence-electron chi connectivity index (χ4n) is 1.73. The van der Waals surface area contributed by atoms with Gasteiger partial charge in [-0.15, -0.1) is 0 Å². The zero-order chi connectivity index (χ0) is 16.8. The number of rotatable bonds is 15. The molecule has 0 rings (SSSR count). The molecule has 0 bridgehead atoms. The van der Waals surface area contributed by atoms with E-state index in [0.29, 0.717) is 0 Å². The molecule has 0 spiro atoms. The topological polar surface area (TPSA) is 42.4 Å². The van der Waals surface area contributed by atoms with E-state index < -0.39 is 0 Å².